The number of carboxylic acids is 1. The lowest BCUT2D eigenvalue weighted by atomic mass is 10.1. The summed E-state index contributed by atoms with van der Waals surface area (Å²) in [5.74, 6) is -0.748. The van der Waals surface area contributed by atoms with Crippen LogP contribution < -0.4 is 5.32 Å². The molecule has 0 saturated carbocycles. The molecule has 0 aromatic carbocycles. The predicted molar refractivity (Wildman–Crippen MR) is 53.3 cm³/mol. The van der Waals surface area contributed by atoms with Crippen molar-refractivity contribution in [3.05, 3.63) is 0 Å². The highest BCUT2D eigenvalue weighted by Gasteiger charge is 2.15. The lowest BCUT2D eigenvalue weighted by Crippen LogP contribution is -2.31. The van der Waals surface area contributed by atoms with E-state index in [0.29, 0.717) is 6.10 Å². The van der Waals surface area contributed by atoms with Gasteiger partial charge in [0.2, 0.25) is 0 Å². The van der Waals surface area contributed by atoms with Crippen LogP contribution in [0.3, 0.4) is 0 Å². The van der Waals surface area contributed by atoms with Gasteiger partial charge in [0.25, 0.3) is 0 Å². The van der Waals surface area contributed by atoms with E-state index in [1.807, 2.05) is 6.92 Å². The van der Waals surface area contributed by atoms with E-state index in [4.69, 9.17) is 9.84 Å². The van der Waals surface area contributed by atoms with Crippen molar-refractivity contribution in [2.45, 2.75) is 44.8 Å². The Kier molecular flexibility index (Phi) is 4.90. The molecule has 4 heteroatoms. The van der Waals surface area contributed by atoms with Crippen molar-refractivity contribution in [3.8, 4) is 0 Å². The second-order valence-electron chi connectivity index (χ2n) is 3.88. The average Bonchev–Trinajstić information content (AvgIpc) is 2.55. The van der Waals surface area contributed by atoms with Crippen molar-refractivity contribution in [1.29, 1.82) is 0 Å². The average molecular weight is 201 g/mol. The molecule has 82 valence electrons. The zero-order valence-corrected chi connectivity index (χ0v) is 8.66. The minimum absolute atomic E-state index is 0.0499. The molecule has 1 rings (SSSR count). The molecule has 0 amide bonds. The van der Waals surface area contributed by atoms with Gasteiger partial charge < -0.3 is 15.2 Å². The highest BCUT2D eigenvalue weighted by atomic mass is 16.5. The third kappa shape index (κ3) is 4.58. The zero-order chi connectivity index (χ0) is 10.4. The largest absolute Gasteiger partial charge is 0.481 e. The van der Waals surface area contributed by atoms with Crippen LogP contribution >= 0.6 is 0 Å². The first kappa shape index (κ1) is 11.5. The summed E-state index contributed by atoms with van der Waals surface area (Å²) in [5, 5.41) is 11.7. The smallest absolute Gasteiger partial charge is 0.304 e. The Hall–Kier alpha value is -0.610. The summed E-state index contributed by atoms with van der Waals surface area (Å²) in [7, 11) is 0. The van der Waals surface area contributed by atoms with Gasteiger partial charge in [0.05, 0.1) is 12.5 Å². The first-order chi connectivity index (χ1) is 6.68. The van der Waals surface area contributed by atoms with E-state index >= 15 is 0 Å². The number of aliphatic carboxylic acids is 1. The molecule has 2 N–H and O–H groups in total. The fourth-order valence-electron chi connectivity index (χ4n) is 1.70. The molecule has 1 fully saturated rings. The lowest BCUT2D eigenvalue weighted by Gasteiger charge is -2.13. The Morgan fingerprint density at radius 3 is 3.07 bits per heavy atom. The van der Waals surface area contributed by atoms with E-state index in [2.05, 4.69) is 5.32 Å². The maximum Gasteiger partial charge on any atom is 0.304 e. The van der Waals surface area contributed by atoms with Gasteiger partial charge in [0.15, 0.2) is 0 Å². The Labute approximate surface area is 84.6 Å². The van der Waals surface area contributed by atoms with E-state index < -0.39 is 5.97 Å². The van der Waals surface area contributed by atoms with Crippen LogP contribution in [0.2, 0.25) is 0 Å². The van der Waals surface area contributed by atoms with Crippen molar-refractivity contribution < 1.29 is 14.6 Å². The Balaban J connectivity index is 1.99. The highest BCUT2D eigenvalue weighted by Crippen LogP contribution is 2.14. The van der Waals surface area contributed by atoms with Crippen LogP contribution in [0, 0.1) is 0 Å². The van der Waals surface area contributed by atoms with Crippen molar-refractivity contribution >= 4 is 5.97 Å². The SMILES string of the molecule is CC(CC(=O)O)NCCC1CCCO1. The van der Waals surface area contributed by atoms with E-state index in [-0.39, 0.29) is 12.5 Å². The summed E-state index contributed by atoms with van der Waals surface area (Å²) in [5.41, 5.74) is 0. The molecule has 2 atom stereocenters. The van der Waals surface area contributed by atoms with Crippen molar-refractivity contribution in [2.75, 3.05) is 13.2 Å². The minimum atomic E-state index is -0.748. The second kappa shape index (κ2) is 5.98. The van der Waals surface area contributed by atoms with Crippen LogP contribution in [-0.2, 0) is 9.53 Å². The van der Waals surface area contributed by atoms with Gasteiger partial charge >= 0.3 is 5.97 Å². The molecule has 1 saturated heterocycles. The standard InChI is InChI=1S/C10H19NO3/c1-8(7-10(12)13)11-5-4-9-3-2-6-14-9/h8-9,11H,2-7H2,1H3,(H,12,13). The molecular formula is C10H19NO3. The molecule has 0 aromatic heterocycles. The number of carboxylic acid groups (broad SMARTS) is 1. The summed E-state index contributed by atoms with van der Waals surface area (Å²) in [6.45, 7) is 3.62. The summed E-state index contributed by atoms with van der Waals surface area (Å²) in [4.78, 5) is 10.4. The molecule has 2 unspecified atom stereocenters. The monoisotopic (exact) mass is 201 g/mol. The van der Waals surface area contributed by atoms with Gasteiger partial charge in [-0.25, -0.2) is 0 Å². The summed E-state index contributed by atoms with van der Waals surface area (Å²) in [6.07, 6.45) is 3.87. The maximum absolute atomic E-state index is 10.4. The van der Waals surface area contributed by atoms with Crippen LogP contribution in [0.5, 0.6) is 0 Å². The Bertz CT molecular complexity index is 178. The Morgan fingerprint density at radius 2 is 2.50 bits per heavy atom. The summed E-state index contributed by atoms with van der Waals surface area (Å²) < 4.78 is 5.46. The molecule has 1 aliphatic heterocycles. The zero-order valence-electron chi connectivity index (χ0n) is 8.66. The van der Waals surface area contributed by atoms with Gasteiger partial charge in [-0.3, -0.25) is 4.79 Å². The fourth-order valence-corrected chi connectivity index (χ4v) is 1.70. The predicted octanol–water partition coefficient (Wildman–Crippen LogP) is 1.01. The molecule has 0 spiro atoms. The van der Waals surface area contributed by atoms with Crippen LogP contribution in [0.1, 0.15) is 32.6 Å². The molecule has 14 heavy (non-hydrogen) atoms. The molecule has 0 aromatic rings. The van der Waals surface area contributed by atoms with Gasteiger partial charge in [-0.15, -0.1) is 0 Å². The molecule has 1 heterocycles. The number of nitrogens with one attached hydrogen (secondary N) is 1. The first-order valence-electron chi connectivity index (χ1n) is 5.25. The summed E-state index contributed by atoms with van der Waals surface area (Å²) in [6, 6.07) is 0.0499. The summed E-state index contributed by atoms with van der Waals surface area (Å²) >= 11 is 0. The number of hydrogen-bond acceptors (Lipinski definition) is 3. The first-order valence-corrected chi connectivity index (χ1v) is 5.25. The molecule has 0 bridgehead atoms. The Morgan fingerprint density at radius 1 is 1.71 bits per heavy atom. The number of hydrogen-bond donors (Lipinski definition) is 2. The van der Waals surface area contributed by atoms with Gasteiger partial charge in [-0.05, 0) is 32.7 Å². The van der Waals surface area contributed by atoms with Gasteiger partial charge in [0, 0.05) is 12.6 Å². The van der Waals surface area contributed by atoms with E-state index in [9.17, 15) is 4.79 Å². The quantitative estimate of drug-likeness (QED) is 0.673. The lowest BCUT2D eigenvalue weighted by molar-refractivity contribution is -0.137. The molecule has 0 radical (unpaired) electrons. The molecule has 1 aliphatic rings. The normalized spacial score (nSPS) is 23.6. The minimum Gasteiger partial charge on any atom is -0.481 e. The third-order valence-corrected chi connectivity index (χ3v) is 2.46. The molecule has 4 nitrogen and oxygen atoms in total. The number of ether oxygens (including phenoxy) is 1. The van der Waals surface area contributed by atoms with Crippen LogP contribution in [0.4, 0.5) is 0 Å². The molecule has 0 aliphatic carbocycles. The van der Waals surface area contributed by atoms with Crippen LogP contribution in [0.25, 0.3) is 0 Å². The van der Waals surface area contributed by atoms with E-state index in [1.54, 1.807) is 0 Å². The maximum atomic E-state index is 10.4. The second-order valence-corrected chi connectivity index (χ2v) is 3.88. The van der Waals surface area contributed by atoms with Gasteiger partial charge in [0.1, 0.15) is 0 Å². The number of rotatable bonds is 6. The fraction of sp³-hybridized carbons (Fsp3) is 0.900. The van der Waals surface area contributed by atoms with Crippen molar-refractivity contribution in [3.63, 3.8) is 0 Å². The van der Waals surface area contributed by atoms with Crippen LogP contribution in [0.15, 0.2) is 0 Å². The van der Waals surface area contributed by atoms with Gasteiger partial charge in [-0.2, -0.15) is 0 Å². The van der Waals surface area contributed by atoms with Crippen molar-refractivity contribution in [2.24, 2.45) is 0 Å². The topological polar surface area (TPSA) is 58.6 Å². The van der Waals surface area contributed by atoms with Crippen molar-refractivity contribution in [1.82, 2.24) is 5.32 Å². The number of carbonyl (C=O) groups is 1. The highest BCUT2D eigenvalue weighted by molar-refractivity contribution is 5.67. The van der Waals surface area contributed by atoms with E-state index in [0.717, 1.165) is 32.4 Å². The van der Waals surface area contributed by atoms with Gasteiger partial charge in [-0.1, -0.05) is 0 Å². The molecular weight excluding hydrogens is 182 g/mol. The van der Waals surface area contributed by atoms with Crippen LogP contribution in [-0.4, -0.2) is 36.4 Å². The van der Waals surface area contributed by atoms with E-state index in [1.165, 1.54) is 0 Å². The third-order valence-electron chi connectivity index (χ3n) is 2.46.